The van der Waals surface area contributed by atoms with Crippen molar-refractivity contribution in [2.45, 2.75) is 12.7 Å². The smallest absolute Gasteiger partial charge is 0.309 e. The van der Waals surface area contributed by atoms with Crippen LogP contribution < -0.4 is 0 Å². The Morgan fingerprint density at radius 3 is 2.53 bits per heavy atom. The van der Waals surface area contributed by atoms with Gasteiger partial charge in [0.1, 0.15) is 0 Å². The Labute approximate surface area is 118 Å². The third-order valence-corrected chi connectivity index (χ3v) is 4.53. The Balaban J connectivity index is 2.50. The molecule has 0 aliphatic carbocycles. The molecule has 94 valence electrons. The summed E-state index contributed by atoms with van der Waals surface area (Å²) in [5.74, 6) is 0.210. The van der Waals surface area contributed by atoms with Crippen LogP contribution in [0.15, 0.2) is 24.3 Å². The minimum Gasteiger partial charge on any atom is -0.469 e. The van der Waals surface area contributed by atoms with Crippen LogP contribution in [0.3, 0.4) is 0 Å². The summed E-state index contributed by atoms with van der Waals surface area (Å²) >= 11 is 2.23. The molecule has 0 saturated heterocycles. The number of carbonyl (C=O) groups excluding carboxylic acids is 1. The summed E-state index contributed by atoms with van der Waals surface area (Å²) < 4.78 is 17.6. The number of esters is 1. The molecule has 0 aliphatic rings. The van der Waals surface area contributed by atoms with Crippen molar-refractivity contribution in [1.82, 2.24) is 0 Å². The lowest BCUT2D eigenvalue weighted by Gasteiger charge is -2.08. The molecular weight excluding hydrogens is 351 g/mol. The molecule has 2 unspecified atom stereocenters. The number of hydrogen-bond acceptors (Lipinski definition) is 3. The molecule has 0 aliphatic heterocycles. The van der Waals surface area contributed by atoms with E-state index in [4.69, 9.17) is 0 Å². The van der Waals surface area contributed by atoms with Crippen molar-refractivity contribution >= 4 is 39.4 Å². The maximum absolute atomic E-state index is 11.8. The van der Waals surface area contributed by atoms with Crippen LogP contribution in [0.5, 0.6) is 0 Å². The third-order valence-electron chi connectivity index (χ3n) is 2.28. The van der Waals surface area contributed by atoms with Gasteiger partial charge in [0.2, 0.25) is 0 Å². The van der Waals surface area contributed by atoms with Gasteiger partial charge in [0.05, 0.1) is 13.0 Å². The summed E-state index contributed by atoms with van der Waals surface area (Å²) in [4.78, 5) is 11.2. The van der Waals surface area contributed by atoms with Crippen molar-refractivity contribution in [3.8, 4) is 0 Å². The second kappa shape index (κ2) is 7.10. The molecule has 0 N–H and O–H groups in total. The van der Waals surface area contributed by atoms with Gasteiger partial charge in [0.25, 0.3) is 0 Å². The number of carbonyl (C=O) groups is 1. The van der Waals surface area contributed by atoms with Gasteiger partial charge in [0.15, 0.2) is 0 Å². The highest BCUT2D eigenvalue weighted by Gasteiger charge is 2.16. The third kappa shape index (κ3) is 5.16. The largest absolute Gasteiger partial charge is 0.469 e. The second-order valence-corrected chi connectivity index (χ2v) is 6.55. The van der Waals surface area contributed by atoms with E-state index in [0.717, 1.165) is 9.13 Å². The molecule has 2 atom stereocenters. The zero-order valence-corrected chi connectivity index (χ0v) is 12.8. The molecule has 0 fully saturated rings. The predicted molar refractivity (Wildman–Crippen MR) is 77.1 cm³/mol. The van der Waals surface area contributed by atoms with Gasteiger partial charge in [-0.3, -0.25) is 9.00 Å². The maximum Gasteiger partial charge on any atom is 0.309 e. The first-order chi connectivity index (χ1) is 8.02. The molecule has 0 spiro atoms. The van der Waals surface area contributed by atoms with E-state index in [9.17, 15) is 9.00 Å². The number of halogens is 1. The monoisotopic (exact) mass is 366 g/mol. The number of methoxy groups -OCH3 is 1. The van der Waals surface area contributed by atoms with E-state index < -0.39 is 10.8 Å². The maximum atomic E-state index is 11.8. The minimum absolute atomic E-state index is 0.305. The van der Waals surface area contributed by atoms with Gasteiger partial charge in [-0.05, 0) is 40.3 Å². The normalized spacial score (nSPS) is 14.1. The molecule has 0 bridgehead atoms. The van der Waals surface area contributed by atoms with Gasteiger partial charge >= 0.3 is 5.97 Å². The zero-order chi connectivity index (χ0) is 12.8. The zero-order valence-electron chi connectivity index (χ0n) is 9.81. The van der Waals surface area contributed by atoms with Crippen LogP contribution in [-0.2, 0) is 26.1 Å². The number of rotatable bonds is 5. The van der Waals surface area contributed by atoms with Gasteiger partial charge in [-0.25, -0.2) is 0 Å². The highest BCUT2D eigenvalue weighted by Crippen LogP contribution is 2.10. The Hall–Kier alpha value is -0.430. The number of benzene rings is 1. The lowest BCUT2D eigenvalue weighted by atomic mass is 10.2. The molecule has 0 aromatic heterocycles. The molecular formula is C12H15IO3S. The highest BCUT2D eigenvalue weighted by atomic mass is 127. The molecule has 0 saturated carbocycles. The summed E-state index contributed by atoms with van der Waals surface area (Å²) in [6, 6.07) is 7.89. The first-order valence-corrected chi connectivity index (χ1v) is 7.77. The molecule has 3 nitrogen and oxygen atoms in total. The van der Waals surface area contributed by atoms with Crippen LogP contribution in [0, 0.1) is 9.49 Å². The summed E-state index contributed by atoms with van der Waals surface area (Å²) in [6.45, 7) is 1.73. The van der Waals surface area contributed by atoms with E-state index >= 15 is 0 Å². The first kappa shape index (κ1) is 14.6. The van der Waals surface area contributed by atoms with E-state index in [1.54, 1.807) is 6.92 Å². The standard InChI is InChI=1S/C12H15IO3S/c1-9(12(14)16-2)7-17(15)8-10-3-5-11(13)6-4-10/h3-6,9H,7-8H2,1-2H3. The van der Waals surface area contributed by atoms with Crippen molar-refractivity contribution in [1.29, 1.82) is 0 Å². The van der Waals surface area contributed by atoms with Crippen LogP contribution in [-0.4, -0.2) is 23.0 Å². The van der Waals surface area contributed by atoms with Crippen molar-refractivity contribution in [3.63, 3.8) is 0 Å². The van der Waals surface area contributed by atoms with Crippen LogP contribution in [0.25, 0.3) is 0 Å². The number of hydrogen-bond donors (Lipinski definition) is 0. The average molecular weight is 366 g/mol. The molecule has 5 heteroatoms. The molecule has 0 radical (unpaired) electrons. The van der Waals surface area contributed by atoms with Crippen LogP contribution in [0.2, 0.25) is 0 Å². The summed E-state index contributed by atoms with van der Waals surface area (Å²) in [7, 11) is 0.315. The molecule has 1 aromatic rings. The van der Waals surface area contributed by atoms with Crippen LogP contribution in [0.4, 0.5) is 0 Å². The van der Waals surface area contributed by atoms with E-state index in [1.165, 1.54) is 7.11 Å². The number of ether oxygens (including phenoxy) is 1. The fourth-order valence-corrected chi connectivity index (χ4v) is 3.11. The van der Waals surface area contributed by atoms with E-state index in [2.05, 4.69) is 27.3 Å². The molecule has 17 heavy (non-hydrogen) atoms. The SMILES string of the molecule is COC(=O)C(C)CS(=O)Cc1ccc(I)cc1. The first-order valence-electron chi connectivity index (χ1n) is 5.20. The minimum atomic E-state index is -1.03. The fraction of sp³-hybridized carbons (Fsp3) is 0.417. The second-order valence-electron chi connectivity index (χ2n) is 3.80. The van der Waals surface area contributed by atoms with Crippen LogP contribution in [0.1, 0.15) is 12.5 Å². The summed E-state index contributed by atoms with van der Waals surface area (Å²) in [6.07, 6.45) is 0. The van der Waals surface area contributed by atoms with E-state index in [1.807, 2.05) is 24.3 Å². The Bertz CT molecular complexity index is 403. The molecule has 0 heterocycles. The Morgan fingerprint density at radius 1 is 1.41 bits per heavy atom. The Morgan fingerprint density at radius 2 is 2.00 bits per heavy atom. The quantitative estimate of drug-likeness (QED) is 0.594. The van der Waals surface area contributed by atoms with E-state index in [-0.39, 0.29) is 11.9 Å². The molecule has 1 rings (SSSR count). The Kier molecular flexibility index (Phi) is 6.11. The van der Waals surface area contributed by atoms with Gasteiger partial charge in [-0.1, -0.05) is 19.1 Å². The van der Waals surface area contributed by atoms with Crippen molar-refractivity contribution in [3.05, 3.63) is 33.4 Å². The van der Waals surface area contributed by atoms with Crippen molar-refractivity contribution in [2.24, 2.45) is 5.92 Å². The predicted octanol–water partition coefficient (Wildman–Crippen LogP) is 2.35. The summed E-state index contributed by atoms with van der Waals surface area (Å²) in [5, 5.41) is 0. The lowest BCUT2D eigenvalue weighted by Crippen LogP contribution is -2.20. The van der Waals surface area contributed by atoms with E-state index in [0.29, 0.717) is 11.5 Å². The lowest BCUT2D eigenvalue weighted by molar-refractivity contribution is -0.144. The van der Waals surface area contributed by atoms with Gasteiger partial charge in [0, 0.05) is 25.9 Å². The van der Waals surface area contributed by atoms with Gasteiger partial charge < -0.3 is 4.74 Å². The summed E-state index contributed by atoms with van der Waals surface area (Å²) in [5.41, 5.74) is 1.03. The topological polar surface area (TPSA) is 43.4 Å². The van der Waals surface area contributed by atoms with Crippen molar-refractivity contribution in [2.75, 3.05) is 12.9 Å². The highest BCUT2D eigenvalue weighted by molar-refractivity contribution is 14.1. The molecule has 0 amide bonds. The molecule has 1 aromatic carbocycles. The fourth-order valence-electron chi connectivity index (χ4n) is 1.37. The average Bonchev–Trinajstić information content (AvgIpc) is 2.30. The van der Waals surface area contributed by atoms with Gasteiger partial charge in [-0.15, -0.1) is 0 Å². The van der Waals surface area contributed by atoms with Gasteiger partial charge in [-0.2, -0.15) is 0 Å². The van der Waals surface area contributed by atoms with Crippen LogP contribution >= 0.6 is 22.6 Å². The van der Waals surface area contributed by atoms with Crippen molar-refractivity contribution < 1.29 is 13.7 Å².